The summed E-state index contributed by atoms with van der Waals surface area (Å²) in [7, 11) is -2.55. The average Bonchev–Trinajstić information content (AvgIpc) is 3.49. The van der Waals surface area contributed by atoms with Crippen LogP contribution in [0.25, 0.3) is 11.1 Å². The van der Waals surface area contributed by atoms with Gasteiger partial charge < -0.3 is 19.6 Å². The summed E-state index contributed by atoms with van der Waals surface area (Å²) in [4.78, 5) is 43.5. The van der Waals surface area contributed by atoms with Crippen LogP contribution in [0.5, 0.6) is 0 Å². The fourth-order valence-electron chi connectivity index (χ4n) is 6.12. The molecule has 1 aliphatic heterocycles. The van der Waals surface area contributed by atoms with Crippen LogP contribution in [-0.2, 0) is 37.5 Å². The van der Waals surface area contributed by atoms with E-state index in [1.807, 2.05) is 52.8 Å². The summed E-state index contributed by atoms with van der Waals surface area (Å²) in [6.07, 6.45) is 2.57. The zero-order valence-corrected chi connectivity index (χ0v) is 30.2. The van der Waals surface area contributed by atoms with Gasteiger partial charge >= 0.3 is 0 Å². The van der Waals surface area contributed by atoms with Gasteiger partial charge in [-0.25, -0.2) is 13.1 Å². The first-order chi connectivity index (χ1) is 22.6. The molecule has 3 amide bonds. The van der Waals surface area contributed by atoms with Crippen molar-refractivity contribution in [2.75, 3.05) is 18.3 Å². The van der Waals surface area contributed by atoms with Gasteiger partial charge in [-0.15, -0.1) is 0 Å². The fourth-order valence-corrected chi connectivity index (χ4v) is 7.39. The molecule has 1 atom stereocenters. The average molecular weight is 680 g/mol. The van der Waals surface area contributed by atoms with Crippen molar-refractivity contribution in [3.8, 4) is 11.1 Å². The van der Waals surface area contributed by atoms with Crippen molar-refractivity contribution in [1.29, 1.82) is 0 Å². The number of nitrogens with one attached hydrogen (secondary N) is 2. The van der Waals surface area contributed by atoms with Crippen LogP contribution in [0.4, 0.5) is 5.88 Å². The molecule has 0 unspecified atom stereocenters. The third-order valence-electron chi connectivity index (χ3n) is 9.15. The van der Waals surface area contributed by atoms with Crippen LogP contribution in [0.15, 0.2) is 51.9 Å². The summed E-state index contributed by atoms with van der Waals surface area (Å²) in [6, 6.07) is 11.6. The van der Waals surface area contributed by atoms with Gasteiger partial charge in [0.05, 0.1) is 10.6 Å². The van der Waals surface area contributed by atoms with Crippen LogP contribution in [0.3, 0.4) is 0 Å². The van der Waals surface area contributed by atoms with E-state index in [-0.39, 0.29) is 47.5 Å². The maximum Gasteiger partial charge on any atom is 0.264 e. The lowest BCUT2D eigenvalue weighted by Crippen LogP contribution is -2.51. The number of unbranched alkanes of at least 4 members (excludes halogenated alkanes) is 1. The van der Waals surface area contributed by atoms with E-state index in [2.05, 4.69) is 15.2 Å². The van der Waals surface area contributed by atoms with Crippen molar-refractivity contribution in [3.63, 3.8) is 0 Å². The topological polar surface area (TPSA) is 142 Å². The molecule has 11 nitrogen and oxygen atoms in total. The van der Waals surface area contributed by atoms with Crippen molar-refractivity contribution in [1.82, 2.24) is 20.3 Å². The number of hydrogen-bond donors (Lipinski definition) is 2. The van der Waals surface area contributed by atoms with Crippen molar-refractivity contribution >= 4 is 33.6 Å². The number of rotatable bonds is 14. The maximum atomic E-state index is 13.8. The summed E-state index contributed by atoms with van der Waals surface area (Å²) in [5.41, 5.74) is 3.25. The Morgan fingerprint density at radius 3 is 2.40 bits per heavy atom. The first-order valence-corrected chi connectivity index (χ1v) is 18.1. The molecular formula is C36H49N5O6S. The molecular weight excluding hydrogens is 630 g/mol. The van der Waals surface area contributed by atoms with Gasteiger partial charge in [0.25, 0.3) is 10.0 Å². The second-order valence-electron chi connectivity index (χ2n) is 13.6. The first-order valence-electron chi connectivity index (χ1n) is 16.6. The number of aryl methyl sites for hydroxylation is 1. The van der Waals surface area contributed by atoms with Gasteiger partial charge in [-0.3, -0.25) is 14.4 Å². The number of benzene rings is 2. The van der Waals surface area contributed by atoms with E-state index >= 15 is 0 Å². The maximum absolute atomic E-state index is 13.8. The quantitative estimate of drug-likeness (QED) is 0.219. The number of aromatic nitrogens is 1. The molecule has 1 saturated heterocycles. The number of likely N-dealkylation sites (tertiary alicyclic amines) is 1. The number of nitrogens with zero attached hydrogens (tertiary/aromatic N) is 3. The second kappa shape index (κ2) is 14.9. The largest absolute Gasteiger partial charge is 0.357 e. The van der Waals surface area contributed by atoms with Crippen molar-refractivity contribution in [2.24, 2.45) is 11.3 Å². The molecule has 4 rings (SSSR count). The molecule has 48 heavy (non-hydrogen) atoms. The third-order valence-corrected chi connectivity index (χ3v) is 10.5. The monoisotopic (exact) mass is 679 g/mol. The molecule has 3 aromatic rings. The van der Waals surface area contributed by atoms with Crippen molar-refractivity contribution in [3.05, 3.63) is 64.8 Å². The zero-order valence-electron chi connectivity index (χ0n) is 29.3. The highest BCUT2D eigenvalue weighted by molar-refractivity contribution is 7.92. The van der Waals surface area contributed by atoms with Crippen LogP contribution < -0.4 is 10.0 Å². The lowest BCUT2D eigenvalue weighted by molar-refractivity contribution is -0.142. The van der Waals surface area contributed by atoms with Crippen LogP contribution in [0.1, 0.15) is 82.7 Å². The summed E-state index contributed by atoms with van der Waals surface area (Å²) < 4.78 is 35.4. The van der Waals surface area contributed by atoms with Crippen molar-refractivity contribution < 1.29 is 27.3 Å². The van der Waals surface area contributed by atoms with Gasteiger partial charge in [0.2, 0.25) is 23.6 Å². The van der Waals surface area contributed by atoms with Crippen LogP contribution in [0, 0.1) is 25.2 Å². The van der Waals surface area contributed by atoms with Gasteiger partial charge in [0.15, 0.2) is 0 Å². The van der Waals surface area contributed by atoms with Gasteiger partial charge in [-0.05, 0) is 55.4 Å². The second-order valence-corrected chi connectivity index (χ2v) is 15.3. The van der Waals surface area contributed by atoms with Gasteiger partial charge in [-0.1, -0.05) is 82.6 Å². The summed E-state index contributed by atoms with van der Waals surface area (Å²) in [5, 5.41) is 6.59. The van der Waals surface area contributed by atoms with Crippen LogP contribution >= 0.6 is 0 Å². The Morgan fingerprint density at radius 2 is 1.81 bits per heavy atom. The minimum absolute atomic E-state index is 0.0217. The predicted molar refractivity (Wildman–Crippen MR) is 185 cm³/mol. The molecule has 0 radical (unpaired) electrons. The summed E-state index contributed by atoms with van der Waals surface area (Å²) in [5.74, 6) is -0.415. The molecule has 2 heterocycles. The van der Waals surface area contributed by atoms with Gasteiger partial charge in [-0.2, -0.15) is 0 Å². The molecule has 0 saturated carbocycles. The minimum atomic E-state index is -4.12. The minimum Gasteiger partial charge on any atom is -0.357 e. The van der Waals surface area contributed by atoms with Gasteiger partial charge in [0, 0.05) is 49.6 Å². The van der Waals surface area contributed by atoms with E-state index in [1.165, 1.54) is 6.07 Å². The van der Waals surface area contributed by atoms with E-state index in [0.717, 1.165) is 17.5 Å². The Balaban J connectivity index is 1.82. The van der Waals surface area contributed by atoms with Crippen LogP contribution in [-0.4, -0.2) is 60.7 Å². The molecule has 260 valence electrons. The normalized spacial score (nSPS) is 15.1. The summed E-state index contributed by atoms with van der Waals surface area (Å²) in [6.45, 7) is 14.2. The standard InChI is InChI=1S/C36H49N5O6S/c1-9-10-15-31(42)41(32(23(2)3)33(43)37-8)21-26-16-17-28(27(20-26)22-40-19-18-36(6,7)35(40)44)29-13-11-12-14-30(29)48(45,46)39-34-24(4)25(5)38-47-34/h11-14,16-17,20,23,32,39H,9-10,15,18-19,21-22H2,1-8H3,(H,37,43)/t32-/m0/s1. The predicted octanol–water partition coefficient (Wildman–Crippen LogP) is 5.81. The van der Waals surface area contributed by atoms with Gasteiger partial charge in [0.1, 0.15) is 6.04 Å². The van der Waals surface area contributed by atoms with E-state index < -0.39 is 21.5 Å². The number of likely N-dealkylation sites (N-methyl/N-ethyl adjacent to an activating group) is 1. The molecule has 1 fully saturated rings. The molecule has 1 aliphatic rings. The molecule has 2 N–H and O–H groups in total. The van der Waals surface area contributed by atoms with Crippen molar-refractivity contribution in [2.45, 2.75) is 98.2 Å². The molecule has 2 aromatic carbocycles. The number of amides is 3. The molecule has 1 aromatic heterocycles. The first kappa shape index (κ1) is 36.6. The Labute approximate surface area is 284 Å². The van der Waals surface area contributed by atoms with E-state index in [4.69, 9.17) is 4.52 Å². The number of hydrogen-bond acceptors (Lipinski definition) is 7. The Hall–Kier alpha value is -4.19. The third kappa shape index (κ3) is 7.91. The van der Waals surface area contributed by atoms with E-state index in [9.17, 15) is 22.8 Å². The molecule has 12 heteroatoms. The Morgan fingerprint density at radius 1 is 1.10 bits per heavy atom. The highest BCUT2D eigenvalue weighted by atomic mass is 32.2. The highest BCUT2D eigenvalue weighted by Crippen LogP contribution is 2.36. The Bertz CT molecular complexity index is 1760. The molecule has 0 spiro atoms. The number of sulfonamides is 1. The SMILES string of the molecule is CCCCC(=O)N(Cc1ccc(-c2ccccc2S(=O)(=O)Nc2onc(C)c2C)c(CN2CCC(C)(C)C2=O)c1)[C@H](C(=O)NC)C(C)C. The molecule has 0 aliphatic carbocycles. The number of carbonyl (C=O) groups is 3. The highest BCUT2D eigenvalue weighted by Gasteiger charge is 2.39. The number of anilines is 1. The zero-order chi connectivity index (χ0) is 35.4. The fraction of sp³-hybridized carbons (Fsp3) is 0.500. The van der Waals surface area contributed by atoms with E-state index in [0.29, 0.717) is 48.2 Å². The lowest BCUT2D eigenvalue weighted by Gasteiger charge is -2.34. The lowest BCUT2D eigenvalue weighted by atomic mass is 9.92. The molecule has 0 bridgehead atoms. The number of carbonyl (C=O) groups excluding carboxylic acids is 3. The van der Waals surface area contributed by atoms with Crippen LogP contribution in [0.2, 0.25) is 0 Å². The Kier molecular flexibility index (Phi) is 11.4. The summed E-state index contributed by atoms with van der Waals surface area (Å²) >= 11 is 0. The smallest absolute Gasteiger partial charge is 0.264 e. The van der Waals surface area contributed by atoms with E-state index in [1.54, 1.807) is 48.9 Å².